The third-order valence-corrected chi connectivity index (χ3v) is 5.52. The van der Waals surface area contributed by atoms with Crippen LogP contribution in [0.1, 0.15) is 11.3 Å². The average Bonchev–Trinajstić information content (AvgIpc) is 3.17. The number of hydrogen-bond acceptors (Lipinski definition) is 4. The number of amides is 1. The Hall–Kier alpha value is -1.69. The molecule has 0 aliphatic rings. The first kappa shape index (κ1) is 16.2. The lowest BCUT2D eigenvalue weighted by atomic mass is 10.2. The first-order valence-electron chi connectivity index (χ1n) is 7.08. The van der Waals surface area contributed by atoms with Crippen molar-refractivity contribution in [1.82, 2.24) is 9.88 Å². The Morgan fingerprint density at radius 3 is 2.87 bits per heavy atom. The summed E-state index contributed by atoms with van der Waals surface area (Å²) in [6, 6.07) is 11.6. The second kappa shape index (κ2) is 7.25. The molecule has 3 aromatic rings. The van der Waals surface area contributed by atoms with Crippen molar-refractivity contribution in [2.75, 3.05) is 7.05 Å². The van der Waals surface area contributed by atoms with Gasteiger partial charge in [0.15, 0.2) is 0 Å². The van der Waals surface area contributed by atoms with Crippen LogP contribution in [-0.2, 0) is 17.8 Å². The summed E-state index contributed by atoms with van der Waals surface area (Å²) in [6.45, 7) is 0.543. The fourth-order valence-electron chi connectivity index (χ4n) is 2.19. The summed E-state index contributed by atoms with van der Waals surface area (Å²) in [5, 5.41) is 5.64. The number of thiazole rings is 1. The van der Waals surface area contributed by atoms with Gasteiger partial charge in [-0.1, -0.05) is 29.8 Å². The second-order valence-corrected chi connectivity index (χ2v) is 7.42. The van der Waals surface area contributed by atoms with Gasteiger partial charge in [-0.25, -0.2) is 4.98 Å². The maximum absolute atomic E-state index is 12.4. The predicted octanol–water partition coefficient (Wildman–Crippen LogP) is 4.73. The number of carbonyl (C=O) groups is 1. The van der Waals surface area contributed by atoms with Crippen LogP contribution in [0, 0.1) is 0 Å². The highest BCUT2D eigenvalue weighted by Gasteiger charge is 2.13. The average molecular weight is 363 g/mol. The fraction of sp³-hybridized carbons (Fsp3) is 0.176. The van der Waals surface area contributed by atoms with Crippen molar-refractivity contribution < 1.29 is 4.79 Å². The number of aromatic nitrogens is 1. The van der Waals surface area contributed by atoms with Gasteiger partial charge in [-0.05, 0) is 29.1 Å². The molecule has 3 nitrogen and oxygen atoms in total. The van der Waals surface area contributed by atoms with Crippen LogP contribution >= 0.6 is 34.3 Å². The number of thiophene rings is 1. The second-order valence-electron chi connectivity index (χ2n) is 5.18. The predicted molar refractivity (Wildman–Crippen MR) is 97.1 cm³/mol. The molecule has 0 spiro atoms. The minimum Gasteiger partial charge on any atom is -0.341 e. The largest absolute Gasteiger partial charge is 0.341 e. The van der Waals surface area contributed by atoms with Crippen molar-refractivity contribution in [2.24, 2.45) is 0 Å². The van der Waals surface area contributed by atoms with Crippen LogP contribution in [0.3, 0.4) is 0 Å². The van der Waals surface area contributed by atoms with Crippen molar-refractivity contribution in [3.05, 3.63) is 63.4 Å². The van der Waals surface area contributed by atoms with Gasteiger partial charge >= 0.3 is 0 Å². The molecule has 1 aromatic carbocycles. The molecule has 0 unspecified atom stereocenters. The summed E-state index contributed by atoms with van der Waals surface area (Å²) in [4.78, 5) is 19.8. The van der Waals surface area contributed by atoms with Gasteiger partial charge in [0.1, 0.15) is 5.01 Å². The minimum atomic E-state index is 0.0491. The summed E-state index contributed by atoms with van der Waals surface area (Å²) < 4.78 is 0. The van der Waals surface area contributed by atoms with Gasteiger partial charge in [0.05, 0.1) is 17.0 Å². The topological polar surface area (TPSA) is 33.2 Å². The van der Waals surface area contributed by atoms with Gasteiger partial charge in [-0.2, -0.15) is 0 Å². The lowest BCUT2D eigenvalue weighted by molar-refractivity contribution is -0.129. The quantitative estimate of drug-likeness (QED) is 0.657. The number of halogens is 1. The van der Waals surface area contributed by atoms with Crippen molar-refractivity contribution in [3.8, 4) is 9.88 Å². The standard InChI is InChI=1S/C17H15ClN2OS2/c1-20(10-12-4-2-5-13(18)8-12)16(21)9-14-11-23-17(19-14)15-6-3-7-22-15/h2-8,11H,9-10H2,1H3. The molecular weight excluding hydrogens is 348 g/mol. The van der Waals surface area contributed by atoms with Crippen LogP contribution in [0.15, 0.2) is 47.2 Å². The lowest BCUT2D eigenvalue weighted by Crippen LogP contribution is -2.27. The molecule has 0 saturated carbocycles. The maximum atomic E-state index is 12.4. The van der Waals surface area contributed by atoms with Crippen molar-refractivity contribution >= 4 is 40.2 Å². The SMILES string of the molecule is CN(Cc1cccc(Cl)c1)C(=O)Cc1csc(-c2cccs2)n1. The van der Waals surface area contributed by atoms with Gasteiger partial charge in [0, 0.05) is 24.0 Å². The van der Waals surface area contributed by atoms with E-state index >= 15 is 0 Å². The highest BCUT2D eigenvalue weighted by Crippen LogP contribution is 2.28. The zero-order valence-corrected chi connectivity index (χ0v) is 14.9. The van der Waals surface area contributed by atoms with Crippen LogP contribution in [0.5, 0.6) is 0 Å². The smallest absolute Gasteiger partial charge is 0.228 e. The molecule has 0 aliphatic heterocycles. The van der Waals surface area contributed by atoms with Crippen LogP contribution < -0.4 is 0 Å². The van der Waals surface area contributed by atoms with E-state index in [4.69, 9.17) is 11.6 Å². The van der Waals surface area contributed by atoms with Gasteiger partial charge in [0.2, 0.25) is 5.91 Å². The highest BCUT2D eigenvalue weighted by molar-refractivity contribution is 7.20. The first-order chi connectivity index (χ1) is 11.1. The van der Waals surface area contributed by atoms with Crippen molar-refractivity contribution in [3.63, 3.8) is 0 Å². The summed E-state index contributed by atoms with van der Waals surface area (Å²) in [5.41, 5.74) is 1.84. The Morgan fingerprint density at radius 1 is 1.26 bits per heavy atom. The molecular formula is C17H15ClN2OS2. The molecule has 2 aromatic heterocycles. The Morgan fingerprint density at radius 2 is 2.13 bits per heavy atom. The lowest BCUT2D eigenvalue weighted by Gasteiger charge is -2.16. The zero-order chi connectivity index (χ0) is 16.2. The molecule has 0 aliphatic carbocycles. The zero-order valence-electron chi connectivity index (χ0n) is 12.5. The molecule has 3 rings (SSSR count). The molecule has 0 atom stereocenters. The summed E-state index contributed by atoms with van der Waals surface area (Å²) in [5.74, 6) is 0.0491. The summed E-state index contributed by atoms with van der Waals surface area (Å²) >= 11 is 9.21. The summed E-state index contributed by atoms with van der Waals surface area (Å²) in [6.07, 6.45) is 0.318. The molecule has 6 heteroatoms. The van der Waals surface area contributed by atoms with E-state index in [-0.39, 0.29) is 5.91 Å². The maximum Gasteiger partial charge on any atom is 0.228 e. The Kier molecular flexibility index (Phi) is 5.10. The van der Waals surface area contributed by atoms with Gasteiger partial charge in [-0.15, -0.1) is 22.7 Å². The van der Waals surface area contributed by atoms with Crippen LogP contribution in [-0.4, -0.2) is 22.8 Å². The van der Waals surface area contributed by atoms with E-state index in [1.165, 1.54) is 0 Å². The molecule has 23 heavy (non-hydrogen) atoms. The molecule has 0 bridgehead atoms. The van der Waals surface area contributed by atoms with Crippen molar-refractivity contribution in [2.45, 2.75) is 13.0 Å². The first-order valence-corrected chi connectivity index (χ1v) is 9.22. The number of carbonyl (C=O) groups excluding carboxylic acids is 1. The van der Waals surface area contributed by atoms with Gasteiger partial charge in [-0.3, -0.25) is 4.79 Å². The number of hydrogen-bond donors (Lipinski definition) is 0. The van der Waals surface area contributed by atoms with E-state index in [1.807, 2.05) is 47.2 Å². The molecule has 1 amide bonds. The monoisotopic (exact) mass is 362 g/mol. The Bertz CT molecular complexity index is 799. The van der Waals surface area contributed by atoms with E-state index < -0.39 is 0 Å². The highest BCUT2D eigenvalue weighted by atomic mass is 35.5. The molecule has 0 radical (unpaired) electrons. The van der Waals surface area contributed by atoms with Gasteiger partial charge in [0.25, 0.3) is 0 Å². The minimum absolute atomic E-state index is 0.0491. The van der Waals surface area contributed by atoms with E-state index in [0.29, 0.717) is 18.0 Å². The van der Waals surface area contributed by atoms with E-state index in [0.717, 1.165) is 21.1 Å². The van der Waals surface area contributed by atoms with Crippen LogP contribution in [0.4, 0.5) is 0 Å². The fourth-order valence-corrected chi connectivity index (χ4v) is 4.04. The van der Waals surface area contributed by atoms with E-state index in [1.54, 1.807) is 34.6 Å². The van der Waals surface area contributed by atoms with Crippen LogP contribution in [0.2, 0.25) is 5.02 Å². The molecule has 0 fully saturated rings. The molecule has 2 heterocycles. The molecule has 118 valence electrons. The third kappa shape index (κ3) is 4.19. The van der Waals surface area contributed by atoms with E-state index in [2.05, 4.69) is 4.98 Å². The number of nitrogens with zero attached hydrogens (tertiary/aromatic N) is 2. The number of rotatable bonds is 5. The Labute approximate surface area is 148 Å². The third-order valence-electron chi connectivity index (χ3n) is 3.35. The normalized spacial score (nSPS) is 10.7. The van der Waals surface area contributed by atoms with Gasteiger partial charge < -0.3 is 4.90 Å². The van der Waals surface area contributed by atoms with Crippen molar-refractivity contribution in [1.29, 1.82) is 0 Å². The van der Waals surface area contributed by atoms with Crippen LogP contribution in [0.25, 0.3) is 9.88 Å². The van der Waals surface area contributed by atoms with E-state index in [9.17, 15) is 4.79 Å². The summed E-state index contributed by atoms with van der Waals surface area (Å²) in [7, 11) is 1.80. The molecule has 0 saturated heterocycles. The Balaban J connectivity index is 1.62. The number of benzene rings is 1. The molecule has 0 N–H and O–H groups in total. The number of likely N-dealkylation sites (N-methyl/N-ethyl adjacent to an activating group) is 1.